The average Bonchev–Trinajstić information content (AvgIpc) is 3.03. The fourth-order valence-corrected chi connectivity index (χ4v) is 3.79. The standard InChI is InChI=1S/C27H32F2N4O/c1-7-18-9-10-23-25(32(5)17-31-23)13-24(18)33(6)26-21(28)11-19(12-22(26)29)20(15-34)14-30-16-27(3,4)8-2/h10-13,15,17H,7-9,16H2,1-6H3/p+1. The number of halogens is 2. The summed E-state index contributed by atoms with van der Waals surface area (Å²) in [7, 11) is 3.55. The number of allylic oxidation sites excluding steroid dienone is 3. The zero-order valence-electron chi connectivity index (χ0n) is 20.8. The number of aliphatic hydroxyl groups is 1. The number of nitrogens with zero attached hydrogens (tertiary/aromatic N) is 4. The van der Waals surface area contributed by atoms with Gasteiger partial charge >= 0.3 is 6.07 Å². The fraction of sp³-hybridized carbons (Fsp3) is 0.407. The zero-order valence-corrected chi connectivity index (χ0v) is 20.8. The van der Waals surface area contributed by atoms with Gasteiger partial charge in [-0.25, -0.2) is 13.8 Å². The smallest absolute Gasteiger partial charge is 0.314 e. The van der Waals surface area contributed by atoms with Crippen LogP contribution in [0.25, 0.3) is 22.6 Å². The lowest BCUT2D eigenvalue weighted by atomic mass is 9.91. The minimum atomic E-state index is -0.734. The van der Waals surface area contributed by atoms with Crippen LogP contribution in [-0.4, -0.2) is 28.3 Å². The summed E-state index contributed by atoms with van der Waals surface area (Å²) >= 11 is 0. The number of imidazole rings is 1. The molecule has 0 saturated heterocycles. The van der Waals surface area contributed by atoms with Crippen LogP contribution in [0.2, 0.25) is 0 Å². The molecular weight excluding hydrogens is 434 g/mol. The van der Waals surface area contributed by atoms with Crippen LogP contribution >= 0.6 is 0 Å². The molecule has 0 saturated carbocycles. The van der Waals surface area contributed by atoms with Gasteiger partial charge in [-0.2, -0.15) is 0 Å². The third kappa shape index (κ3) is 5.22. The molecule has 0 aliphatic heterocycles. The molecule has 0 bridgehead atoms. The van der Waals surface area contributed by atoms with E-state index in [0.717, 1.165) is 41.1 Å². The molecule has 0 fully saturated rings. The summed E-state index contributed by atoms with van der Waals surface area (Å²) in [6.07, 6.45) is 8.77. The van der Waals surface area contributed by atoms with E-state index in [-0.39, 0.29) is 22.2 Å². The Morgan fingerprint density at radius 1 is 1.29 bits per heavy atom. The van der Waals surface area contributed by atoms with Crippen LogP contribution in [0.3, 0.4) is 0 Å². The van der Waals surface area contributed by atoms with Gasteiger partial charge in [0.05, 0.1) is 17.0 Å². The summed E-state index contributed by atoms with van der Waals surface area (Å²) in [6, 6.07) is 5.15. The van der Waals surface area contributed by atoms with Crippen molar-refractivity contribution in [3.8, 4) is 6.07 Å². The van der Waals surface area contributed by atoms with Crippen molar-refractivity contribution in [2.24, 2.45) is 12.5 Å². The highest BCUT2D eigenvalue weighted by Gasteiger charge is 2.23. The van der Waals surface area contributed by atoms with Crippen molar-refractivity contribution in [3.63, 3.8) is 0 Å². The molecule has 1 aromatic heterocycles. The molecule has 7 heteroatoms. The van der Waals surface area contributed by atoms with E-state index >= 15 is 8.78 Å². The van der Waals surface area contributed by atoms with Crippen molar-refractivity contribution in [1.29, 1.82) is 0 Å². The summed E-state index contributed by atoms with van der Waals surface area (Å²) in [5, 5.41) is 11.4. The van der Waals surface area contributed by atoms with E-state index < -0.39 is 11.6 Å². The van der Waals surface area contributed by atoms with Crippen molar-refractivity contribution < 1.29 is 13.9 Å². The second-order valence-electron chi connectivity index (χ2n) is 9.36. The van der Waals surface area contributed by atoms with Crippen LogP contribution in [0.5, 0.6) is 0 Å². The Balaban J connectivity index is 2.02. The molecular formula is C27H33F2N4O+. The van der Waals surface area contributed by atoms with Gasteiger partial charge in [-0.3, -0.25) is 0 Å². The molecule has 1 aromatic carbocycles. The monoisotopic (exact) mass is 467 g/mol. The van der Waals surface area contributed by atoms with Gasteiger partial charge in [0.25, 0.3) is 6.54 Å². The van der Waals surface area contributed by atoms with E-state index in [0.29, 0.717) is 13.0 Å². The number of aromatic nitrogens is 2. The van der Waals surface area contributed by atoms with Crippen molar-refractivity contribution in [1.82, 2.24) is 9.55 Å². The SMILES string of the molecule is CCC1=C(N(C)c2c(F)cc(/C(C#[N+]CC(C)(C)CC)=C\O)cc2F)C=c2c(ncn2C)=CC1. The molecule has 0 spiro atoms. The normalized spacial score (nSPS) is 13.9. The molecule has 1 aliphatic carbocycles. The summed E-state index contributed by atoms with van der Waals surface area (Å²) in [5.74, 6) is -1.47. The highest BCUT2D eigenvalue weighted by atomic mass is 19.1. The first-order valence-electron chi connectivity index (χ1n) is 11.5. The first-order valence-corrected chi connectivity index (χ1v) is 11.5. The van der Waals surface area contributed by atoms with Crippen molar-refractivity contribution in [3.05, 3.63) is 68.7 Å². The lowest BCUT2D eigenvalue weighted by molar-refractivity contribution is 0.387. The molecule has 1 N–H and O–H groups in total. The summed E-state index contributed by atoms with van der Waals surface area (Å²) in [4.78, 5) is 10.2. The highest BCUT2D eigenvalue weighted by molar-refractivity contribution is 5.79. The predicted molar refractivity (Wildman–Crippen MR) is 135 cm³/mol. The molecule has 180 valence electrons. The van der Waals surface area contributed by atoms with E-state index in [1.165, 1.54) is 12.1 Å². The number of fused-ring (bicyclic) bond motifs is 1. The Labute approximate surface area is 199 Å². The van der Waals surface area contributed by atoms with Crippen LogP contribution in [0, 0.1) is 23.1 Å². The van der Waals surface area contributed by atoms with Crippen molar-refractivity contribution in [2.45, 2.75) is 47.0 Å². The lowest BCUT2D eigenvalue weighted by Gasteiger charge is -2.24. The number of rotatable bonds is 6. The second-order valence-corrected chi connectivity index (χ2v) is 9.36. The van der Waals surface area contributed by atoms with Crippen molar-refractivity contribution >= 4 is 23.4 Å². The van der Waals surface area contributed by atoms with E-state index in [4.69, 9.17) is 0 Å². The first kappa shape index (κ1) is 25.2. The van der Waals surface area contributed by atoms with E-state index in [9.17, 15) is 5.11 Å². The third-order valence-corrected chi connectivity index (χ3v) is 6.43. The van der Waals surface area contributed by atoms with Gasteiger partial charge in [0.1, 0.15) is 17.5 Å². The number of hydrogen-bond donors (Lipinski definition) is 1. The topological polar surface area (TPSA) is 45.6 Å². The van der Waals surface area contributed by atoms with Gasteiger partial charge in [0.15, 0.2) is 11.6 Å². The maximum atomic E-state index is 15.3. The van der Waals surface area contributed by atoms with Crippen LogP contribution in [-0.2, 0) is 7.05 Å². The van der Waals surface area contributed by atoms with E-state index in [2.05, 4.69) is 36.7 Å². The number of aliphatic hydroxyl groups excluding tert-OH is 1. The van der Waals surface area contributed by atoms with Gasteiger partial charge < -0.3 is 14.6 Å². The Hall–Kier alpha value is -3.40. The van der Waals surface area contributed by atoms with Crippen LogP contribution in [0.15, 0.2) is 36.0 Å². The molecule has 3 rings (SSSR count). The van der Waals surface area contributed by atoms with Crippen LogP contribution in [0.1, 0.15) is 52.5 Å². The quantitative estimate of drug-likeness (QED) is 0.473. The molecule has 2 aromatic rings. The first-order chi connectivity index (χ1) is 16.1. The lowest BCUT2D eigenvalue weighted by Crippen LogP contribution is -2.30. The molecule has 34 heavy (non-hydrogen) atoms. The molecule has 0 radical (unpaired) electrons. The average molecular weight is 468 g/mol. The molecule has 1 heterocycles. The maximum Gasteiger partial charge on any atom is 0.314 e. The van der Waals surface area contributed by atoms with Gasteiger partial charge in [0, 0.05) is 30.8 Å². The minimum Gasteiger partial charge on any atom is -0.514 e. The van der Waals surface area contributed by atoms with Gasteiger partial charge in [-0.1, -0.05) is 38.6 Å². The Morgan fingerprint density at radius 3 is 2.56 bits per heavy atom. The second kappa shape index (κ2) is 10.3. The minimum absolute atomic E-state index is 0.0261. The van der Waals surface area contributed by atoms with Crippen LogP contribution in [0.4, 0.5) is 14.5 Å². The molecule has 0 amide bonds. The Morgan fingerprint density at radius 2 is 1.97 bits per heavy atom. The molecule has 0 unspecified atom stereocenters. The fourth-order valence-electron chi connectivity index (χ4n) is 3.79. The molecule has 0 atom stereocenters. The van der Waals surface area contributed by atoms with Crippen LogP contribution < -0.4 is 15.6 Å². The highest BCUT2D eigenvalue weighted by Crippen LogP contribution is 2.32. The Kier molecular flexibility index (Phi) is 7.61. The number of benzene rings is 1. The summed E-state index contributed by atoms with van der Waals surface area (Å²) in [5.41, 5.74) is 1.90. The largest absolute Gasteiger partial charge is 0.514 e. The predicted octanol–water partition coefficient (Wildman–Crippen LogP) is 5.13. The maximum absolute atomic E-state index is 15.3. The number of anilines is 1. The van der Waals surface area contributed by atoms with Gasteiger partial charge in [0.2, 0.25) is 0 Å². The number of aryl methyl sites for hydroxylation is 1. The Bertz CT molecular complexity index is 1300. The van der Waals surface area contributed by atoms with Gasteiger partial charge in [-0.15, -0.1) is 0 Å². The zero-order chi connectivity index (χ0) is 25.0. The third-order valence-electron chi connectivity index (χ3n) is 6.43. The van der Waals surface area contributed by atoms with E-state index in [1.54, 1.807) is 18.3 Å². The summed E-state index contributed by atoms with van der Waals surface area (Å²) in [6.45, 7) is 8.72. The molecule has 1 aliphatic rings. The van der Waals surface area contributed by atoms with Crippen molar-refractivity contribution in [2.75, 3.05) is 18.5 Å². The number of hydrogen-bond acceptors (Lipinski definition) is 3. The molecule has 5 nitrogen and oxygen atoms in total. The summed E-state index contributed by atoms with van der Waals surface area (Å²) < 4.78 is 32.5. The van der Waals surface area contributed by atoms with Gasteiger partial charge in [-0.05, 0) is 43.0 Å². The van der Waals surface area contributed by atoms with E-state index in [1.807, 2.05) is 30.7 Å².